The molecule has 2 N–H and O–H groups in total. The third kappa shape index (κ3) is 3.54. The molecule has 0 unspecified atom stereocenters. The van der Waals surface area contributed by atoms with Crippen LogP contribution in [0.3, 0.4) is 0 Å². The zero-order valence-electron chi connectivity index (χ0n) is 10.9. The third-order valence-electron chi connectivity index (χ3n) is 2.69. The lowest BCUT2D eigenvalue weighted by atomic mass is 10.0. The van der Waals surface area contributed by atoms with E-state index in [2.05, 4.69) is 4.98 Å². The largest absolute Gasteiger partial charge is 0.491 e. The van der Waals surface area contributed by atoms with Gasteiger partial charge < -0.3 is 15.2 Å². The fourth-order valence-electron chi connectivity index (χ4n) is 1.72. The minimum absolute atomic E-state index is 0.356. The van der Waals surface area contributed by atoms with E-state index >= 15 is 0 Å². The van der Waals surface area contributed by atoms with Crippen LogP contribution in [0.2, 0.25) is 10.2 Å². The van der Waals surface area contributed by atoms with Crippen LogP contribution in [-0.4, -0.2) is 25.3 Å². The summed E-state index contributed by atoms with van der Waals surface area (Å²) in [7, 11) is 1.62. The van der Waals surface area contributed by atoms with Gasteiger partial charge in [-0.15, -0.1) is 0 Å². The molecule has 0 aliphatic heterocycles. The van der Waals surface area contributed by atoms with Crippen LogP contribution < -0.4 is 10.5 Å². The van der Waals surface area contributed by atoms with Gasteiger partial charge in [0.2, 0.25) is 0 Å². The van der Waals surface area contributed by atoms with Crippen molar-refractivity contribution in [2.75, 3.05) is 26.1 Å². The van der Waals surface area contributed by atoms with Crippen molar-refractivity contribution in [1.29, 1.82) is 0 Å². The van der Waals surface area contributed by atoms with Crippen LogP contribution in [0.5, 0.6) is 5.75 Å². The molecule has 1 heterocycles. The number of hydrogen-bond donors (Lipinski definition) is 1. The first-order valence-electron chi connectivity index (χ1n) is 5.94. The monoisotopic (exact) mass is 312 g/mol. The first-order chi connectivity index (χ1) is 9.61. The van der Waals surface area contributed by atoms with Crippen LogP contribution in [0, 0.1) is 0 Å². The summed E-state index contributed by atoms with van der Waals surface area (Å²) in [6.07, 6.45) is 1.50. The van der Waals surface area contributed by atoms with Gasteiger partial charge in [-0.1, -0.05) is 23.2 Å². The van der Waals surface area contributed by atoms with E-state index in [1.165, 1.54) is 6.20 Å². The molecule has 4 nitrogen and oxygen atoms in total. The minimum Gasteiger partial charge on any atom is -0.491 e. The molecule has 0 aliphatic rings. The Balaban J connectivity index is 2.35. The van der Waals surface area contributed by atoms with Crippen LogP contribution in [0.1, 0.15) is 0 Å². The molecule has 0 fully saturated rings. The Bertz CT molecular complexity index is 606. The molecule has 0 bridgehead atoms. The molecule has 0 saturated heterocycles. The SMILES string of the molecule is COCCOc1ccc(N)c(-c2cc(Cl)ncc2Cl)c1. The molecule has 0 radical (unpaired) electrons. The highest BCUT2D eigenvalue weighted by molar-refractivity contribution is 6.34. The Kier molecular flexibility index (Phi) is 5.06. The van der Waals surface area contributed by atoms with E-state index in [0.29, 0.717) is 34.8 Å². The van der Waals surface area contributed by atoms with Crippen molar-refractivity contribution >= 4 is 28.9 Å². The van der Waals surface area contributed by atoms with Gasteiger partial charge in [0.25, 0.3) is 0 Å². The van der Waals surface area contributed by atoms with Crippen molar-refractivity contribution < 1.29 is 9.47 Å². The number of hydrogen-bond acceptors (Lipinski definition) is 4. The van der Waals surface area contributed by atoms with Gasteiger partial charge in [-0.3, -0.25) is 0 Å². The van der Waals surface area contributed by atoms with Gasteiger partial charge in [0.1, 0.15) is 17.5 Å². The molecular formula is C14H14Cl2N2O2. The Labute approximate surface area is 127 Å². The second kappa shape index (κ2) is 6.79. The predicted octanol–water partition coefficient (Wildman–Crippen LogP) is 3.66. The lowest BCUT2D eigenvalue weighted by molar-refractivity contribution is 0.146. The van der Waals surface area contributed by atoms with Crippen LogP contribution in [0.4, 0.5) is 5.69 Å². The van der Waals surface area contributed by atoms with E-state index < -0.39 is 0 Å². The van der Waals surface area contributed by atoms with E-state index in [0.717, 1.165) is 11.1 Å². The quantitative estimate of drug-likeness (QED) is 0.520. The lowest BCUT2D eigenvalue weighted by Crippen LogP contribution is -2.04. The molecule has 6 heteroatoms. The van der Waals surface area contributed by atoms with E-state index in [4.69, 9.17) is 38.4 Å². The third-order valence-corrected chi connectivity index (χ3v) is 3.20. The molecule has 106 valence electrons. The topological polar surface area (TPSA) is 57.4 Å². The average Bonchev–Trinajstić information content (AvgIpc) is 2.44. The number of ether oxygens (including phenoxy) is 2. The Morgan fingerprint density at radius 2 is 1.95 bits per heavy atom. The first-order valence-corrected chi connectivity index (χ1v) is 6.70. The standard InChI is InChI=1S/C14H14Cl2N2O2/c1-19-4-5-20-9-2-3-13(17)11(6-9)10-7-14(16)18-8-12(10)15/h2-3,6-8H,4-5,17H2,1H3. The van der Waals surface area contributed by atoms with Crippen LogP contribution in [0.25, 0.3) is 11.1 Å². The van der Waals surface area contributed by atoms with Gasteiger partial charge in [-0.05, 0) is 24.3 Å². The molecule has 0 spiro atoms. The number of methoxy groups -OCH3 is 1. The summed E-state index contributed by atoms with van der Waals surface area (Å²) in [5.41, 5.74) is 8.07. The van der Waals surface area contributed by atoms with Gasteiger partial charge >= 0.3 is 0 Å². The van der Waals surface area contributed by atoms with Gasteiger partial charge in [-0.2, -0.15) is 0 Å². The van der Waals surface area contributed by atoms with Gasteiger partial charge in [-0.25, -0.2) is 4.98 Å². The summed E-state index contributed by atoms with van der Waals surface area (Å²) in [6.45, 7) is 0.978. The van der Waals surface area contributed by atoms with E-state index in [-0.39, 0.29) is 0 Å². The van der Waals surface area contributed by atoms with Crippen molar-refractivity contribution in [3.05, 3.63) is 40.6 Å². The molecule has 0 saturated carbocycles. The summed E-state index contributed by atoms with van der Waals surface area (Å²) in [5, 5.41) is 0.838. The minimum atomic E-state index is 0.356. The highest BCUT2D eigenvalue weighted by Crippen LogP contribution is 2.35. The van der Waals surface area contributed by atoms with Crippen molar-refractivity contribution in [3.63, 3.8) is 0 Å². The lowest BCUT2D eigenvalue weighted by Gasteiger charge is -2.11. The van der Waals surface area contributed by atoms with Crippen molar-refractivity contribution in [2.24, 2.45) is 0 Å². The second-order valence-electron chi connectivity index (χ2n) is 4.08. The number of nitrogens with zero attached hydrogens (tertiary/aromatic N) is 1. The van der Waals surface area contributed by atoms with Gasteiger partial charge in [0.15, 0.2) is 0 Å². The maximum absolute atomic E-state index is 6.14. The summed E-state index contributed by atoms with van der Waals surface area (Å²) < 4.78 is 10.5. The molecular weight excluding hydrogens is 299 g/mol. The van der Waals surface area contributed by atoms with Crippen LogP contribution in [0.15, 0.2) is 30.5 Å². The van der Waals surface area contributed by atoms with E-state index in [9.17, 15) is 0 Å². The molecule has 1 aromatic heterocycles. The van der Waals surface area contributed by atoms with E-state index in [1.807, 2.05) is 6.07 Å². The number of rotatable bonds is 5. The molecule has 20 heavy (non-hydrogen) atoms. The highest BCUT2D eigenvalue weighted by Gasteiger charge is 2.10. The number of pyridine rings is 1. The smallest absolute Gasteiger partial charge is 0.129 e. The highest BCUT2D eigenvalue weighted by atomic mass is 35.5. The molecule has 0 atom stereocenters. The number of aromatic nitrogens is 1. The van der Waals surface area contributed by atoms with Crippen molar-refractivity contribution in [1.82, 2.24) is 4.98 Å². The Hall–Kier alpha value is -1.49. The maximum atomic E-state index is 6.14. The van der Waals surface area contributed by atoms with E-state index in [1.54, 1.807) is 25.3 Å². The molecule has 0 aliphatic carbocycles. The number of nitrogen functional groups attached to an aromatic ring is 1. The number of halogens is 2. The zero-order chi connectivity index (χ0) is 14.5. The second-order valence-corrected chi connectivity index (χ2v) is 4.87. The normalized spacial score (nSPS) is 10.6. The fourth-order valence-corrected chi connectivity index (χ4v) is 2.08. The Morgan fingerprint density at radius 3 is 2.70 bits per heavy atom. The van der Waals surface area contributed by atoms with Crippen molar-refractivity contribution in [2.45, 2.75) is 0 Å². The predicted molar refractivity (Wildman–Crippen MR) is 81.5 cm³/mol. The Morgan fingerprint density at radius 1 is 1.15 bits per heavy atom. The maximum Gasteiger partial charge on any atom is 0.129 e. The average molecular weight is 313 g/mol. The summed E-state index contributed by atoms with van der Waals surface area (Å²) in [6, 6.07) is 7.06. The van der Waals surface area contributed by atoms with Crippen LogP contribution >= 0.6 is 23.2 Å². The first kappa shape index (κ1) is 14.9. The molecule has 1 aromatic carbocycles. The van der Waals surface area contributed by atoms with Gasteiger partial charge in [0.05, 0.1) is 11.6 Å². The fraction of sp³-hybridized carbons (Fsp3) is 0.214. The summed E-state index contributed by atoms with van der Waals surface area (Å²) in [5.74, 6) is 0.690. The molecule has 0 amide bonds. The molecule has 2 aromatic rings. The summed E-state index contributed by atoms with van der Waals surface area (Å²) >= 11 is 12.0. The zero-order valence-corrected chi connectivity index (χ0v) is 12.4. The number of benzene rings is 1. The van der Waals surface area contributed by atoms with Crippen LogP contribution in [-0.2, 0) is 4.74 Å². The summed E-state index contributed by atoms with van der Waals surface area (Å²) in [4.78, 5) is 3.92. The number of anilines is 1. The van der Waals surface area contributed by atoms with Crippen molar-refractivity contribution in [3.8, 4) is 16.9 Å². The molecule has 2 rings (SSSR count). The van der Waals surface area contributed by atoms with Gasteiger partial charge in [0, 0.05) is 30.1 Å². The number of nitrogens with two attached hydrogens (primary N) is 1.